The lowest BCUT2D eigenvalue weighted by molar-refractivity contribution is -0.0969. The van der Waals surface area contributed by atoms with Gasteiger partial charge in [0.05, 0.1) is 25.9 Å². The zero-order chi connectivity index (χ0) is 17.8. The van der Waals surface area contributed by atoms with E-state index in [9.17, 15) is 13.6 Å². The highest BCUT2D eigenvalue weighted by molar-refractivity contribution is 5.97. The highest BCUT2D eigenvalue weighted by Gasteiger charge is 2.34. The Kier molecular flexibility index (Phi) is 5.70. The minimum absolute atomic E-state index is 0.0635. The van der Waals surface area contributed by atoms with Crippen LogP contribution in [0.3, 0.4) is 0 Å². The Labute approximate surface area is 144 Å². The fraction of sp³-hybridized carbons (Fsp3) is 0.588. The number of benzene rings is 1. The summed E-state index contributed by atoms with van der Waals surface area (Å²) in [6.45, 7) is -0.936. The number of likely N-dealkylation sites (tertiary alicyclic amines) is 1. The predicted octanol–water partition coefficient (Wildman–Crippen LogP) is 2.52. The molecule has 6 nitrogen and oxygen atoms in total. The molecular weight excluding hydrogens is 336 g/mol. The molecule has 0 saturated carbocycles. The molecule has 1 aromatic carbocycles. The van der Waals surface area contributed by atoms with Crippen molar-refractivity contribution in [3.8, 4) is 11.5 Å². The normalized spacial score (nSPS) is 21.6. The van der Waals surface area contributed by atoms with E-state index in [1.165, 1.54) is 19.2 Å². The van der Waals surface area contributed by atoms with E-state index in [-0.39, 0.29) is 35.2 Å². The van der Waals surface area contributed by atoms with Crippen molar-refractivity contribution in [1.82, 2.24) is 4.90 Å². The second-order valence-corrected chi connectivity index (χ2v) is 5.98. The van der Waals surface area contributed by atoms with Gasteiger partial charge in [-0.2, -0.15) is 8.78 Å². The highest BCUT2D eigenvalue weighted by Crippen LogP contribution is 2.34. The molecule has 0 bridgehead atoms. The highest BCUT2D eigenvalue weighted by atomic mass is 19.3. The maximum atomic E-state index is 12.9. The number of halogens is 2. The summed E-state index contributed by atoms with van der Waals surface area (Å²) in [5.74, 6) is -0.426. The van der Waals surface area contributed by atoms with Crippen LogP contribution in [0.5, 0.6) is 11.5 Å². The van der Waals surface area contributed by atoms with Crippen LogP contribution < -0.4 is 9.47 Å². The molecule has 1 amide bonds. The van der Waals surface area contributed by atoms with Crippen LogP contribution in [0.25, 0.3) is 0 Å². The molecule has 0 spiro atoms. The van der Waals surface area contributed by atoms with Crippen molar-refractivity contribution in [1.29, 1.82) is 0 Å². The van der Waals surface area contributed by atoms with Gasteiger partial charge in [0.15, 0.2) is 17.8 Å². The van der Waals surface area contributed by atoms with Crippen molar-refractivity contribution in [3.05, 3.63) is 23.8 Å². The molecule has 2 saturated heterocycles. The molecule has 0 N–H and O–H groups in total. The summed E-state index contributed by atoms with van der Waals surface area (Å²) in [5, 5.41) is 0. The molecule has 25 heavy (non-hydrogen) atoms. The van der Waals surface area contributed by atoms with Crippen molar-refractivity contribution >= 4 is 5.91 Å². The summed E-state index contributed by atoms with van der Waals surface area (Å²) >= 11 is 0. The standard InChI is InChI=1S/C17H21F2NO5/c1-22-13-6-2-5-12(14(13)25-17(18)19)15(21)20-7-3-4-11(10-20)16-23-8-9-24-16/h2,5-6,11,16-17H,3-4,7-10H2,1H3. The van der Waals surface area contributed by atoms with Gasteiger partial charge in [-0.1, -0.05) is 6.07 Å². The molecule has 138 valence electrons. The first-order valence-corrected chi connectivity index (χ1v) is 8.24. The van der Waals surface area contributed by atoms with Gasteiger partial charge >= 0.3 is 6.61 Å². The molecule has 1 unspecified atom stereocenters. The van der Waals surface area contributed by atoms with Gasteiger partial charge in [0, 0.05) is 19.0 Å². The van der Waals surface area contributed by atoms with Crippen molar-refractivity contribution in [2.75, 3.05) is 33.4 Å². The topological polar surface area (TPSA) is 57.2 Å². The summed E-state index contributed by atoms with van der Waals surface area (Å²) < 4.78 is 46.2. The van der Waals surface area contributed by atoms with Crippen LogP contribution >= 0.6 is 0 Å². The van der Waals surface area contributed by atoms with E-state index in [0.29, 0.717) is 26.3 Å². The van der Waals surface area contributed by atoms with Crippen molar-refractivity contribution in [2.45, 2.75) is 25.7 Å². The number of carbonyl (C=O) groups is 1. The van der Waals surface area contributed by atoms with E-state index >= 15 is 0 Å². The van der Waals surface area contributed by atoms with Gasteiger partial charge < -0.3 is 23.8 Å². The number of nitrogens with zero attached hydrogens (tertiary/aromatic N) is 1. The lowest BCUT2D eigenvalue weighted by atomic mass is 9.96. The van der Waals surface area contributed by atoms with E-state index in [1.807, 2.05) is 0 Å². The maximum absolute atomic E-state index is 12.9. The van der Waals surface area contributed by atoms with Crippen LogP contribution in [0.2, 0.25) is 0 Å². The number of piperidine rings is 1. The molecular formula is C17H21F2NO5. The molecule has 2 fully saturated rings. The van der Waals surface area contributed by atoms with E-state index < -0.39 is 6.61 Å². The molecule has 8 heteroatoms. The first-order valence-electron chi connectivity index (χ1n) is 8.24. The minimum Gasteiger partial charge on any atom is -0.493 e. The van der Waals surface area contributed by atoms with Crippen LogP contribution in [0, 0.1) is 5.92 Å². The fourth-order valence-electron chi connectivity index (χ4n) is 3.29. The van der Waals surface area contributed by atoms with Crippen molar-refractivity contribution < 1.29 is 32.5 Å². The molecule has 2 aliphatic heterocycles. The summed E-state index contributed by atoms with van der Waals surface area (Å²) in [6, 6.07) is 4.53. The molecule has 0 aliphatic carbocycles. The van der Waals surface area contributed by atoms with E-state index in [0.717, 1.165) is 12.8 Å². The smallest absolute Gasteiger partial charge is 0.387 e. The molecule has 2 aliphatic rings. The fourth-order valence-corrected chi connectivity index (χ4v) is 3.29. The average molecular weight is 357 g/mol. The number of amides is 1. The number of carbonyl (C=O) groups excluding carboxylic acids is 1. The quantitative estimate of drug-likeness (QED) is 0.811. The summed E-state index contributed by atoms with van der Waals surface area (Å²) in [6.07, 6.45) is 1.39. The average Bonchev–Trinajstić information content (AvgIpc) is 3.16. The first-order chi connectivity index (χ1) is 12.1. The van der Waals surface area contributed by atoms with Gasteiger partial charge in [0.1, 0.15) is 0 Å². The third-order valence-electron chi connectivity index (χ3n) is 4.41. The van der Waals surface area contributed by atoms with E-state index in [2.05, 4.69) is 4.74 Å². The predicted molar refractivity (Wildman–Crippen MR) is 83.9 cm³/mol. The van der Waals surface area contributed by atoms with Gasteiger partial charge in [-0.25, -0.2) is 0 Å². The number of hydrogen-bond acceptors (Lipinski definition) is 5. The maximum Gasteiger partial charge on any atom is 0.387 e. The van der Waals surface area contributed by atoms with Gasteiger partial charge in [0.25, 0.3) is 5.91 Å². The Morgan fingerprint density at radius 1 is 1.32 bits per heavy atom. The molecule has 1 atom stereocenters. The first kappa shape index (κ1) is 17.9. The van der Waals surface area contributed by atoms with Crippen LogP contribution in [0.1, 0.15) is 23.2 Å². The number of alkyl halides is 2. The number of methoxy groups -OCH3 is 1. The third-order valence-corrected chi connectivity index (χ3v) is 4.41. The zero-order valence-corrected chi connectivity index (χ0v) is 14.0. The SMILES string of the molecule is COc1cccc(C(=O)N2CCCC(C3OCCO3)C2)c1OC(F)F. The number of hydrogen-bond donors (Lipinski definition) is 0. The van der Waals surface area contributed by atoms with Crippen LogP contribution in [0.15, 0.2) is 18.2 Å². The molecule has 0 radical (unpaired) electrons. The second-order valence-electron chi connectivity index (χ2n) is 5.98. The van der Waals surface area contributed by atoms with Gasteiger partial charge in [-0.05, 0) is 25.0 Å². The minimum atomic E-state index is -3.04. The summed E-state index contributed by atoms with van der Waals surface area (Å²) in [5.41, 5.74) is 0.0635. The van der Waals surface area contributed by atoms with Gasteiger partial charge in [0.2, 0.25) is 0 Å². The number of ether oxygens (including phenoxy) is 4. The van der Waals surface area contributed by atoms with Gasteiger partial charge in [-0.3, -0.25) is 4.79 Å². The lowest BCUT2D eigenvalue weighted by Crippen LogP contribution is -2.44. The Balaban J connectivity index is 1.79. The molecule has 2 heterocycles. The Bertz CT molecular complexity index is 607. The van der Waals surface area contributed by atoms with Crippen molar-refractivity contribution in [2.24, 2.45) is 5.92 Å². The lowest BCUT2D eigenvalue weighted by Gasteiger charge is -2.35. The van der Waals surface area contributed by atoms with Crippen LogP contribution in [-0.2, 0) is 9.47 Å². The van der Waals surface area contributed by atoms with E-state index in [4.69, 9.17) is 14.2 Å². The second kappa shape index (κ2) is 7.97. The summed E-state index contributed by atoms with van der Waals surface area (Å²) in [4.78, 5) is 14.5. The Morgan fingerprint density at radius 3 is 2.76 bits per heavy atom. The Hall–Kier alpha value is -1.93. The monoisotopic (exact) mass is 357 g/mol. The van der Waals surface area contributed by atoms with Crippen LogP contribution in [-0.4, -0.2) is 57.1 Å². The van der Waals surface area contributed by atoms with E-state index in [1.54, 1.807) is 11.0 Å². The largest absolute Gasteiger partial charge is 0.493 e. The molecule has 0 aromatic heterocycles. The van der Waals surface area contributed by atoms with Crippen LogP contribution in [0.4, 0.5) is 8.78 Å². The third kappa shape index (κ3) is 4.01. The summed E-state index contributed by atoms with van der Waals surface area (Å²) in [7, 11) is 1.34. The molecule has 1 aromatic rings. The van der Waals surface area contributed by atoms with Gasteiger partial charge in [-0.15, -0.1) is 0 Å². The number of para-hydroxylation sites is 1. The Morgan fingerprint density at radius 2 is 2.08 bits per heavy atom. The number of rotatable bonds is 5. The zero-order valence-electron chi connectivity index (χ0n) is 14.0. The molecule has 3 rings (SSSR count). The van der Waals surface area contributed by atoms with Crippen molar-refractivity contribution in [3.63, 3.8) is 0 Å².